The smallest absolute Gasteiger partial charge is 0.160 e. The van der Waals surface area contributed by atoms with Gasteiger partial charge in [0.1, 0.15) is 0 Å². The first-order chi connectivity index (χ1) is 6.26. The Labute approximate surface area is 90.3 Å². The molecule has 1 atom stereocenters. The van der Waals surface area contributed by atoms with E-state index in [1.165, 1.54) is 0 Å². The van der Waals surface area contributed by atoms with E-state index in [1.807, 2.05) is 13.8 Å². The van der Waals surface area contributed by atoms with E-state index < -0.39 is 0 Å². The van der Waals surface area contributed by atoms with Crippen LogP contribution in [0.4, 0.5) is 0 Å². The Balaban J connectivity index is 3.72. The van der Waals surface area contributed by atoms with Gasteiger partial charge >= 0.3 is 0 Å². The number of alkyl halides is 1. The first-order valence-electron chi connectivity index (χ1n) is 4.63. The van der Waals surface area contributed by atoms with Crippen LogP contribution in [0.25, 0.3) is 0 Å². The lowest BCUT2D eigenvalue weighted by molar-refractivity contribution is -0.158. The summed E-state index contributed by atoms with van der Waals surface area (Å²) in [5, 5.41) is 0.634. The SMILES string of the molecule is CCOC(OCC)C(C)CSCCl. The van der Waals surface area contributed by atoms with Crippen molar-refractivity contribution in [1.82, 2.24) is 0 Å². The maximum Gasteiger partial charge on any atom is 0.160 e. The lowest BCUT2D eigenvalue weighted by Crippen LogP contribution is -2.27. The molecule has 0 rings (SSSR count). The lowest BCUT2D eigenvalue weighted by atomic mass is 10.2. The number of hydrogen-bond acceptors (Lipinski definition) is 3. The van der Waals surface area contributed by atoms with Crippen molar-refractivity contribution in [2.75, 3.05) is 24.2 Å². The van der Waals surface area contributed by atoms with E-state index in [1.54, 1.807) is 11.8 Å². The largest absolute Gasteiger partial charge is 0.353 e. The Hall–Kier alpha value is 0.560. The minimum atomic E-state index is -0.0780. The van der Waals surface area contributed by atoms with Gasteiger partial charge in [-0.05, 0) is 13.8 Å². The van der Waals surface area contributed by atoms with Crippen molar-refractivity contribution in [1.29, 1.82) is 0 Å². The van der Waals surface area contributed by atoms with E-state index in [9.17, 15) is 0 Å². The molecule has 0 radical (unpaired) electrons. The predicted molar refractivity (Wildman–Crippen MR) is 59.4 cm³/mol. The van der Waals surface area contributed by atoms with Crippen LogP contribution in [-0.2, 0) is 9.47 Å². The first kappa shape index (κ1) is 13.6. The monoisotopic (exact) mass is 226 g/mol. The van der Waals surface area contributed by atoms with Crippen LogP contribution in [0.2, 0.25) is 0 Å². The fourth-order valence-electron chi connectivity index (χ4n) is 1.01. The van der Waals surface area contributed by atoms with Crippen LogP contribution >= 0.6 is 23.4 Å². The van der Waals surface area contributed by atoms with E-state index >= 15 is 0 Å². The van der Waals surface area contributed by atoms with Gasteiger partial charge in [0, 0.05) is 24.9 Å². The highest BCUT2D eigenvalue weighted by Gasteiger charge is 2.16. The van der Waals surface area contributed by atoms with Crippen molar-refractivity contribution >= 4 is 23.4 Å². The molecule has 4 heteroatoms. The second-order valence-electron chi connectivity index (χ2n) is 2.74. The molecule has 0 aromatic rings. The molecule has 0 bridgehead atoms. The van der Waals surface area contributed by atoms with Gasteiger partial charge in [0.2, 0.25) is 0 Å². The maximum absolute atomic E-state index is 5.59. The molecule has 2 nitrogen and oxygen atoms in total. The fourth-order valence-corrected chi connectivity index (χ4v) is 1.90. The third-order valence-corrected chi connectivity index (χ3v) is 2.96. The molecule has 0 spiro atoms. The number of thioether (sulfide) groups is 1. The summed E-state index contributed by atoms with van der Waals surface area (Å²) in [6, 6.07) is 0. The van der Waals surface area contributed by atoms with Crippen molar-refractivity contribution in [3.63, 3.8) is 0 Å². The molecule has 80 valence electrons. The zero-order valence-electron chi connectivity index (χ0n) is 8.59. The summed E-state index contributed by atoms with van der Waals surface area (Å²) in [6.45, 7) is 7.47. The van der Waals surface area contributed by atoms with Crippen molar-refractivity contribution in [2.45, 2.75) is 27.1 Å². The first-order valence-corrected chi connectivity index (χ1v) is 6.32. The quantitative estimate of drug-likeness (QED) is 0.468. The summed E-state index contributed by atoms with van der Waals surface area (Å²) in [5.41, 5.74) is 0. The average molecular weight is 227 g/mol. The number of rotatable bonds is 8. The highest BCUT2D eigenvalue weighted by Crippen LogP contribution is 2.16. The summed E-state index contributed by atoms with van der Waals surface area (Å²) >= 11 is 7.29. The van der Waals surface area contributed by atoms with E-state index in [0.29, 0.717) is 24.3 Å². The minimum Gasteiger partial charge on any atom is -0.353 e. The normalized spacial score (nSPS) is 13.6. The van der Waals surface area contributed by atoms with Gasteiger partial charge in [-0.25, -0.2) is 0 Å². The molecular weight excluding hydrogens is 208 g/mol. The van der Waals surface area contributed by atoms with Crippen LogP contribution in [0, 0.1) is 5.92 Å². The summed E-state index contributed by atoms with van der Waals surface area (Å²) in [7, 11) is 0. The van der Waals surface area contributed by atoms with Gasteiger partial charge in [0.05, 0.1) is 5.21 Å². The Morgan fingerprint density at radius 1 is 1.23 bits per heavy atom. The summed E-state index contributed by atoms with van der Waals surface area (Å²) in [6.07, 6.45) is -0.0780. The fraction of sp³-hybridized carbons (Fsp3) is 1.00. The zero-order valence-corrected chi connectivity index (χ0v) is 10.2. The Kier molecular flexibility index (Phi) is 9.52. The van der Waals surface area contributed by atoms with Gasteiger partial charge in [-0.1, -0.05) is 6.92 Å². The molecule has 0 saturated carbocycles. The van der Waals surface area contributed by atoms with Crippen molar-refractivity contribution in [3.8, 4) is 0 Å². The maximum atomic E-state index is 5.59. The highest BCUT2D eigenvalue weighted by atomic mass is 35.5. The molecule has 0 heterocycles. The van der Waals surface area contributed by atoms with Crippen LogP contribution in [0.15, 0.2) is 0 Å². The molecule has 0 aliphatic carbocycles. The standard InChI is InChI=1S/C9H19ClO2S/c1-4-11-9(12-5-2)8(3)6-13-7-10/h8-9H,4-7H2,1-3H3. The summed E-state index contributed by atoms with van der Waals surface area (Å²) in [4.78, 5) is 0. The Bertz CT molecular complexity index is 108. The average Bonchev–Trinajstić information content (AvgIpc) is 2.14. The van der Waals surface area contributed by atoms with Crippen LogP contribution in [-0.4, -0.2) is 30.5 Å². The van der Waals surface area contributed by atoms with E-state index in [4.69, 9.17) is 21.1 Å². The van der Waals surface area contributed by atoms with E-state index in [0.717, 1.165) is 5.75 Å². The molecule has 0 aromatic heterocycles. The van der Waals surface area contributed by atoms with E-state index in [2.05, 4.69) is 6.92 Å². The number of halogens is 1. The summed E-state index contributed by atoms with van der Waals surface area (Å²) < 4.78 is 10.9. The Morgan fingerprint density at radius 2 is 1.77 bits per heavy atom. The van der Waals surface area contributed by atoms with Crippen molar-refractivity contribution in [3.05, 3.63) is 0 Å². The highest BCUT2D eigenvalue weighted by molar-refractivity contribution is 8.00. The molecule has 0 aromatic carbocycles. The number of hydrogen-bond donors (Lipinski definition) is 0. The predicted octanol–water partition coefficient (Wildman–Crippen LogP) is 2.95. The zero-order chi connectivity index (χ0) is 10.1. The van der Waals surface area contributed by atoms with Crippen LogP contribution in [0.1, 0.15) is 20.8 Å². The lowest BCUT2D eigenvalue weighted by Gasteiger charge is -2.22. The molecule has 0 N–H and O–H groups in total. The molecule has 0 aliphatic rings. The number of ether oxygens (including phenoxy) is 2. The van der Waals surface area contributed by atoms with Gasteiger partial charge in [-0.3, -0.25) is 0 Å². The topological polar surface area (TPSA) is 18.5 Å². The van der Waals surface area contributed by atoms with Crippen molar-refractivity contribution in [2.24, 2.45) is 5.92 Å². The third kappa shape index (κ3) is 6.61. The molecule has 0 aliphatic heterocycles. The van der Waals surface area contributed by atoms with Crippen LogP contribution in [0.5, 0.6) is 0 Å². The second-order valence-corrected chi connectivity index (χ2v) is 4.35. The van der Waals surface area contributed by atoms with Gasteiger partial charge in [-0.15, -0.1) is 23.4 Å². The van der Waals surface area contributed by atoms with Crippen molar-refractivity contribution < 1.29 is 9.47 Å². The third-order valence-electron chi connectivity index (χ3n) is 1.58. The second kappa shape index (κ2) is 9.13. The molecular formula is C9H19ClO2S. The van der Waals surface area contributed by atoms with Crippen LogP contribution < -0.4 is 0 Å². The Morgan fingerprint density at radius 3 is 2.15 bits per heavy atom. The molecule has 0 fully saturated rings. The molecule has 0 amide bonds. The van der Waals surface area contributed by atoms with Gasteiger partial charge in [0.25, 0.3) is 0 Å². The van der Waals surface area contributed by atoms with E-state index in [-0.39, 0.29) is 6.29 Å². The molecule has 13 heavy (non-hydrogen) atoms. The summed E-state index contributed by atoms with van der Waals surface area (Å²) in [5.74, 6) is 1.37. The molecule has 0 saturated heterocycles. The van der Waals surface area contributed by atoms with Crippen LogP contribution in [0.3, 0.4) is 0 Å². The minimum absolute atomic E-state index is 0.0780. The van der Waals surface area contributed by atoms with Gasteiger partial charge < -0.3 is 9.47 Å². The molecule has 1 unspecified atom stereocenters. The van der Waals surface area contributed by atoms with Gasteiger partial charge in [0.15, 0.2) is 6.29 Å². The van der Waals surface area contributed by atoms with Gasteiger partial charge in [-0.2, -0.15) is 0 Å².